The molecule has 196 valence electrons. The lowest BCUT2D eigenvalue weighted by molar-refractivity contribution is -0.147. The predicted molar refractivity (Wildman–Crippen MR) is 135 cm³/mol. The molecule has 2 aromatic rings. The summed E-state index contributed by atoms with van der Waals surface area (Å²) in [5, 5.41) is 0.456. The van der Waals surface area contributed by atoms with E-state index in [4.69, 9.17) is 9.47 Å². The highest BCUT2D eigenvalue weighted by Gasteiger charge is 2.33. The molecule has 36 heavy (non-hydrogen) atoms. The van der Waals surface area contributed by atoms with Crippen LogP contribution in [0, 0.1) is 11.8 Å². The summed E-state index contributed by atoms with van der Waals surface area (Å²) in [6.07, 6.45) is 2.56. The zero-order valence-electron chi connectivity index (χ0n) is 21.6. The molecule has 1 unspecified atom stereocenters. The third-order valence-corrected chi connectivity index (χ3v) is 7.80. The number of aromatic nitrogens is 2. The number of fused-ring (bicyclic) bond motifs is 1. The van der Waals surface area contributed by atoms with Crippen LogP contribution in [0.1, 0.15) is 32.6 Å². The maximum Gasteiger partial charge on any atom is 0.331 e. The van der Waals surface area contributed by atoms with Gasteiger partial charge in [0.15, 0.2) is 0 Å². The van der Waals surface area contributed by atoms with Gasteiger partial charge in [-0.3, -0.25) is 23.5 Å². The topological polar surface area (TPSA) is 103 Å². The van der Waals surface area contributed by atoms with Gasteiger partial charge in [0.05, 0.1) is 18.0 Å². The van der Waals surface area contributed by atoms with Gasteiger partial charge in [-0.25, -0.2) is 4.79 Å². The van der Waals surface area contributed by atoms with Crippen LogP contribution in [-0.2, 0) is 27.9 Å². The van der Waals surface area contributed by atoms with E-state index in [2.05, 4.69) is 0 Å². The van der Waals surface area contributed by atoms with E-state index in [0.717, 1.165) is 25.7 Å². The zero-order valence-corrected chi connectivity index (χ0v) is 21.6. The number of methoxy groups -OCH3 is 2. The van der Waals surface area contributed by atoms with E-state index in [0.29, 0.717) is 49.4 Å². The monoisotopic (exact) mass is 500 g/mol. The van der Waals surface area contributed by atoms with Crippen molar-refractivity contribution >= 4 is 22.7 Å². The van der Waals surface area contributed by atoms with E-state index >= 15 is 0 Å². The molecule has 1 saturated carbocycles. The van der Waals surface area contributed by atoms with Crippen LogP contribution in [0.5, 0.6) is 5.75 Å². The summed E-state index contributed by atoms with van der Waals surface area (Å²) >= 11 is 0. The quantitative estimate of drug-likeness (QED) is 0.591. The third kappa shape index (κ3) is 5.04. The molecule has 2 amide bonds. The Bertz CT molecular complexity index is 1240. The summed E-state index contributed by atoms with van der Waals surface area (Å²) < 4.78 is 13.2. The van der Waals surface area contributed by atoms with Crippen molar-refractivity contribution in [3.63, 3.8) is 0 Å². The molecule has 0 N–H and O–H groups in total. The number of ether oxygens (including phenoxy) is 2. The number of hydrogen-bond acceptors (Lipinski definition) is 6. The Hall–Kier alpha value is -3.14. The van der Waals surface area contributed by atoms with Gasteiger partial charge in [-0.05, 0) is 56.7 Å². The summed E-state index contributed by atoms with van der Waals surface area (Å²) in [6.45, 7) is 4.19. The van der Waals surface area contributed by atoms with Crippen molar-refractivity contribution in [1.29, 1.82) is 0 Å². The van der Waals surface area contributed by atoms with E-state index in [1.165, 1.54) is 16.2 Å². The first-order chi connectivity index (χ1) is 17.2. The van der Waals surface area contributed by atoms with Gasteiger partial charge in [0.1, 0.15) is 11.9 Å². The van der Waals surface area contributed by atoms with Gasteiger partial charge in [-0.1, -0.05) is 0 Å². The van der Waals surface area contributed by atoms with Crippen molar-refractivity contribution in [3.05, 3.63) is 39.0 Å². The molecule has 2 aliphatic rings. The molecular formula is C26H36N4O6. The summed E-state index contributed by atoms with van der Waals surface area (Å²) in [5.41, 5.74) is -0.0543. The van der Waals surface area contributed by atoms with Crippen molar-refractivity contribution in [2.75, 3.05) is 40.4 Å². The second-order valence-electron chi connectivity index (χ2n) is 9.89. The Morgan fingerprint density at radius 1 is 1.00 bits per heavy atom. The highest BCUT2D eigenvalue weighted by molar-refractivity contribution is 5.82. The Morgan fingerprint density at radius 2 is 1.64 bits per heavy atom. The van der Waals surface area contributed by atoms with E-state index in [-0.39, 0.29) is 34.9 Å². The standard InChI is InChI=1S/C26H36N4O6/c1-17(35-3)23(31)28-11-13-29(14-12-28)24(32)19-7-5-18(6-8-19)16-30-25(33)21-15-20(36-4)9-10-22(21)27(2)26(30)34/h9-10,15,17-19H,5-8,11-14,16H2,1-4H3. The number of carbonyl (C=O) groups is 2. The first kappa shape index (κ1) is 25.9. The minimum Gasteiger partial charge on any atom is -0.497 e. The summed E-state index contributed by atoms with van der Waals surface area (Å²) in [7, 11) is 4.73. The summed E-state index contributed by atoms with van der Waals surface area (Å²) in [4.78, 5) is 55.2. The Balaban J connectivity index is 1.37. The average Bonchev–Trinajstić information content (AvgIpc) is 2.93. The molecule has 1 saturated heterocycles. The normalized spacial score (nSPS) is 21.4. The lowest BCUT2D eigenvalue weighted by Crippen LogP contribution is -2.54. The number of piperazine rings is 1. The molecule has 10 heteroatoms. The van der Waals surface area contributed by atoms with Crippen molar-refractivity contribution in [2.24, 2.45) is 18.9 Å². The summed E-state index contributed by atoms with van der Waals surface area (Å²) in [6, 6.07) is 5.14. The fourth-order valence-electron chi connectivity index (χ4n) is 5.40. The molecule has 1 aliphatic carbocycles. The molecule has 10 nitrogen and oxygen atoms in total. The Labute approximate surface area is 210 Å². The molecule has 0 bridgehead atoms. The maximum absolute atomic E-state index is 13.2. The van der Waals surface area contributed by atoms with Crippen LogP contribution < -0.4 is 16.0 Å². The molecular weight excluding hydrogens is 464 g/mol. The Morgan fingerprint density at radius 3 is 2.25 bits per heavy atom. The van der Waals surface area contributed by atoms with Gasteiger partial charge in [0.25, 0.3) is 11.5 Å². The number of nitrogens with zero attached hydrogens (tertiary/aromatic N) is 4. The molecule has 0 spiro atoms. The molecule has 2 fully saturated rings. The molecule has 4 rings (SSSR count). The molecule has 1 aromatic heterocycles. The number of hydrogen-bond donors (Lipinski definition) is 0. The highest BCUT2D eigenvalue weighted by atomic mass is 16.5. The van der Waals surface area contributed by atoms with Crippen LogP contribution in [0.3, 0.4) is 0 Å². The van der Waals surface area contributed by atoms with Crippen molar-refractivity contribution in [3.8, 4) is 5.75 Å². The summed E-state index contributed by atoms with van der Waals surface area (Å²) in [5.74, 6) is 0.779. The fraction of sp³-hybridized carbons (Fsp3) is 0.615. The number of rotatable bonds is 6. The smallest absolute Gasteiger partial charge is 0.331 e. The number of amides is 2. The predicted octanol–water partition coefficient (Wildman–Crippen LogP) is 1.22. The van der Waals surface area contributed by atoms with Crippen molar-refractivity contribution < 1.29 is 19.1 Å². The fourth-order valence-corrected chi connectivity index (χ4v) is 5.40. The van der Waals surface area contributed by atoms with Crippen LogP contribution in [-0.4, -0.2) is 77.3 Å². The second-order valence-corrected chi connectivity index (χ2v) is 9.89. The molecule has 2 heterocycles. The largest absolute Gasteiger partial charge is 0.497 e. The van der Waals surface area contributed by atoms with Gasteiger partial charge >= 0.3 is 5.69 Å². The first-order valence-corrected chi connectivity index (χ1v) is 12.6. The molecule has 1 aliphatic heterocycles. The van der Waals surface area contributed by atoms with Crippen LogP contribution in [0.2, 0.25) is 0 Å². The van der Waals surface area contributed by atoms with Crippen LogP contribution in [0.25, 0.3) is 10.9 Å². The van der Waals surface area contributed by atoms with Gasteiger partial charge < -0.3 is 19.3 Å². The van der Waals surface area contributed by atoms with E-state index in [1.54, 1.807) is 44.2 Å². The van der Waals surface area contributed by atoms with E-state index in [1.807, 2.05) is 4.90 Å². The first-order valence-electron chi connectivity index (χ1n) is 12.6. The van der Waals surface area contributed by atoms with Crippen LogP contribution in [0.15, 0.2) is 27.8 Å². The molecule has 0 radical (unpaired) electrons. The number of aryl methyl sites for hydroxylation is 1. The van der Waals surface area contributed by atoms with Crippen molar-refractivity contribution in [1.82, 2.24) is 18.9 Å². The SMILES string of the molecule is COc1ccc2c(c1)c(=O)n(CC1CCC(C(=O)N3CCN(C(=O)C(C)OC)CC3)CC1)c(=O)n2C. The second kappa shape index (κ2) is 10.9. The van der Waals surface area contributed by atoms with Gasteiger partial charge in [0.2, 0.25) is 5.91 Å². The average molecular weight is 501 g/mol. The van der Waals surface area contributed by atoms with Crippen LogP contribution in [0.4, 0.5) is 0 Å². The van der Waals surface area contributed by atoms with E-state index in [9.17, 15) is 19.2 Å². The number of carbonyl (C=O) groups excluding carboxylic acids is 2. The maximum atomic E-state index is 13.2. The lowest BCUT2D eigenvalue weighted by Gasteiger charge is -2.38. The third-order valence-electron chi connectivity index (χ3n) is 7.80. The zero-order chi connectivity index (χ0) is 26.0. The molecule has 1 aromatic carbocycles. The number of benzene rings is 1. The minimum atomic E-state index is -0.475. The lowest BCUT2D eigenvalue weighted by atomic mass is 9.81. The van der Waals surface area contributed by atoms with Gasteiger partial charge in [-0.15, -0.1) is 0 Å². The van der Waals surface area contributed by atoms with Crippen molar-refractivity contribution in [2.45, 2.75) is 45.3 Å². The van der Waals surface area contributed by atoms with Crippen LogP contribution >= 0.6 is 0 Å². The highest BCUT2D eigenvalue weighted by Crippen LogP contribution is 2.31. The van der Waals surface area contributed by atoms with Gasteiger partial charge in [-0.2, -0.15) is 0 Å². The molecule has 1 atom stereocenters. The Kier molecular flexibility index (Phi) is 7.82. The van der Waals surface area contributed by atoms with Gasteiger partial charge in [0, 0.05) is 52.8 Å². The van der Waals surface area contributed by atoms with E-state index < -0.39 is 6.10 Å². The minimum absolute atomic E-state index is 0.0429.